The van der Waals surface area contributed by atoms with E-state index in [1.54, 1.807) is 0 Å². The van der Waals surface area contributed by atoms with Crippen LogP contribution in [0, 0.1) is 11.8 Å². The van der Waals surface area contributed by atoms with Crippen LogP contribution in [0.5, 0.6) is 0 Å². The van der Waals surface area contributed by atoms with Gasteiger partial charge >= 0.3 is 5.97 Å². The summed E-state index contributed by atoms with van der Waals surface area (Å²) in [6, 6.07) is 8.19. The van der Waals surface area contributed by atoms with Gasteiger partial charge in [0.1, 0.15) is 5.78 Å². The van der Waals surface area contributed by atoms with Gasteiger partial charge in [-0.05, 0) is 55.1 Å². The number of aliphatic carboxylic acids is 1. The van der Waals surface area contributed by atoms with E-state index >= 15 is 0 Å². The van der Waals surface area contributed by atoms with Crippen LogP contribution < -0.4 is 0 Å². The van der Waals surface area contributed by atoms with Crippen molar-refractivity contribution in [1.82, 2.24) is 0 Å². The van der Waals surface area contributed by atoms with Gasteiger partial charge in [-0.2, -0.15) is 0 Å². The van der Waals surface area contributed by atoms with E-state index in [0.29, 0.717) is 24.0 Å². The molecule has 1 aromatic carbocycles. The highest BCUT2D eigenvalue weighted by atomic mass is 16.4. The molecule has 1 aromatic rings. The van der Waals surface area contributed by atoms with Gasteiger partial charge in [0.15, 0.2) is 0 Å². The molecule has 0 radical (unpaired) electrons. The molecule has 3 atom stereocenters. The molecule has 3 unspecified atom stereocenters. The number of carbonyl (C=O) groups excluding carboxylic acids is 1. The van der Waals surface area contributed by atoms with Crippen molar-refractivity contribution in [2.24, 2.45) is 11.8 Å². The normalized spacial score (nSPS) is 24.0. The Morgan fingerprint density at radius 1 is 0.966 bits per heavy atom. The van der Waals surface area contributed by atoms with Crippen LogP contribution in [0.1, 0.15) is 107 Å². The molecule has 0 amide bonds. The third-order valence-corrected chi connectivity index (χ3v) is 7.03. The second-order valence-electron chi connectivity index (χ2n) is 9.10. The highest BCUT2D eigenvalue weighted by Gasteiger charge is 2.35. The number of hydrogen-bond donors (Lipinski definition) is 2. The fraction of sp³-hybridized carbons (Fsp3) is 0.680. The first-order chi connectivity index (χ1) is 14.1. The molecule has 2 aliphatic carbocycles. The minimum absolute atomic E-state index is 0.00473. The van der Waals surface area contributed by atoms with Gasteiger partial charge in [0.25, 0.3) is 0 Å². The Hall–Kier alpha value is -1.68. The van der Waals surface area contributed by atoms with E-state index in [-0.39, 0.29) is 18.4 Å². The number of carbonyl (C=O) groups is 2. The maximum atomic E-state index is 12.5. The topological polar surface area (TPSA) is 74.6 Å². The van der Waals surface area contributed by atoms with Gasteiger partial charge < -0.3 is 10.2 Å². The fourth-order valence-electron chi connectivity index (χ4n) is 5.34. The predicted molar refractivity (Wildman–Crippen MR) is 114 cm³/mol. The van der Waals surface area contributed by atoms with Crippen molar-refractivity contribution >= 4 is 11.8 Å². The molecule has 2 fully saturated rings. The predicted octanol–water partition coefficient (Wildman–Crippen LogP) is 5.79. The quantitative estimate of drug-likeness (QED) is 0.488. The monoisotopic (exact) mass is 400 g/mol. The molecule has 4 nitrogen and oxygen atoms in total. The van der Waals surface area contributed by atoms with Crippen molar-refractivity contribution in [3.05, 3.63) is 35.4 Å². The van der Waals surface area contributed by atoms with Gasteiger partial charge in [0.05, 0.1) is 6.10 Å². The van der Waals surface area contributed by atoms with Crippen LogP contribution in [-0.4, -0.2) is 22.0 Å². The van der Waals surface area contributed by atoms with E-state index in [4.69, 9.17) is 5.11 Å². The first-order valence-electron chi connectivity index (χ1n) is 11.6. The smallest absolute Gasteiger partial charge is 0.303 e. The summed E-state index contributed by atoms with van der Waals surface area (Å²) in [6.45, 7) is 0. The Bertz CT molecular complexity index is 660. The average Bonchev–Trinajstić information content (AvgIpc) is 3.11. The largest absolute Gasteiger partial charge is 0.481 e. The van der Waals surface area contributed by atoms with Crippen molar-refractivity contribution < 1.29 is 19.8 Å². The van der Waals surface area contributed by atoms with Crippen LogP contribution in [0.25, 0.3) is 0 Å². The number of hydrogen-bond acceptors (Lipinski definition) is 3. The molecule has 29 heavy (non-hydrogen) atoms. The van der Waals surface area contributed by atoms with Crippen molar-refractivity contribution in [3.63, 3.8) is 0 Å². The minimum Gasteiger partial charge on any atom is -0.481 e. The van der Waals surface area contributed by atoms with Crippen molar-refractivity contribution in [2.75, 3.05) is 0 Å². The molecule has 0 aliphatic heterocycles. The van der Waals surface area contributed by atoms with Crippen LogP contribution >= 0.6 is 0 Å². The molecule has 2 aliphatic rings. The number of Topliss-reactive ketones (excluding diaryl/α,β-unsaturated/α-hetero) is 1. The third-order valence-electron chi connectivity index (χ3n) is 7.03. The zero-order valence-corrected chi connectivity index (χ0v) is 17.5. The summed E-state index contributed by atoms with van der Waals surface area (Å²) in [5.41, 5.74) is 2.09. The third kappa shape index (κ3) is 6.15. The van der Waals surface area contributed by atoms with E-state index in [2.05, 4.69) is 12.1 Å². The molecule has 0 saturated heterocycles. The second-order valence-corrected chi connectivity index (χ2v) is 9.10. The zero-order valence-electron chi connectivity index (χ0n) is 17.5. The number of unbranched alkanes of at least 4 members (excludes halogenated alkanes) is 3. The summed E-state index contributed by atoms with van der Waals surface area (Å²) in [7, 11) is 0. The molecule has 3 rings (SSSR count). The van der Waals surface area contributed by atoms with E-state index < -0.39 is 5.97 Å². The van der Waals surface area contributed by atoms with E-state index in [1.165, 1.54) is 19.3 Å². The Kier molecular flexibility index (Phi) is 8.29. The summed E-state index contributed by atoms with van der Waals surface area (Å²) in [5.74, 6) is 0.396. The van der Waals surface area contributed by atoms with Gasteiger partial charge in [-0.1, -0.05) is 62.8 Å². The van der Waals surface area contributed by atoms with Crippen LogP contribution in [0.2, 0.25) is 0 Å². The van der Waals surface area contributed by atoms with Crippen molar-refractivity contribution in [1.29, 1.82) is 0 Å². The lowest BCUT2D eigenvalue weighted by molar-refractivity contribution is -0.137. The van der Waals surface area contributed by atoms with E-state index in [1.807, 2.05) is 12.1 Å². The molecule has 0 heterocycles. The number of rotatable bonds is 10. The van der Waals surface area contributed by atoms with Crippen LogP contribution in [0.4, 0.5) is 0 Å². The molecule has 4 heteroatoms. The Labute approximate surface area is 174 Å². The number of aliphatic hydroxyl groups excluding tert-OH is 1. The van der Waals surface area contributed by atoms with Gasteiger partial charge in [-0.15, -0.1) is 0 Å². The summed E-state index contributed by atoms with van der Waals surface area (Å²) in [4.78, 5) is 23.1. The average molecular weight is 401 g/mol. The lowest BCUT2D eigenvalue weighted by Gasteiger charge is -2.27. The van der Waals surface area contributed by atoms with Crippen molar-refractivity contribution in [3.8, 4) is 0 Å². The minimum atomic E-state index is -0.719. The van der Waals surface area contributed by atoms with Crippen molar-refractivity contribution in [2.45, 2.75) is 95.5 Å². The van der Waals surface area contributed by atoms with E-state index in [0.717, 1.165) is 62.5 Å². The standard InChI is InChI=1S/C25H36O4/c26-22-17-16-18(8-4-1-2-7-11-23(27)28)24(22)19-12-14-21(15-13-19)25(29)20-9-5-3-6-10-20/h12-15,18,20,24-25,29H,1-11,16-17H2,(H,27,28). The highest BCUT2D eigenvalue weighted by Crippen LogP contribution is 2.41. The summed E-state index contributed by atoms with van der Waals surface area (Å²) in [5, 5.41) is 19.4. The van der Waals surface area contributed by atoms with Gasteiger partial charge in [0.2, 0.25) is 0 Å². The summed E-state index contributed by atoms with van der Waals surface area (Å²) < 4.78 is 0. The Morgan fingerprint density at radius 3 is 2.34 bits per heavy atom. The molecule has 0 bridgehead atoms. The lowest BCUT2D eigenvalue weighted by atomic mass is 9.81. The number of benzene rings is 1. The Balaban J connectivity index is 1.53. The highest BCUT2D eigenvalue weighted by molar-refractivity contribution is 5.88. The molecule has 2 saturated carbocycles. The van der Waals surface area contributed by atoms with Gasteiger partial charge in [-0.3, -0.25) is 9.59 Å². The molecule has 2 N–H and O–H groups in total. The van der Waals surface area contributed by atoms with E-state index in [9.17, 15) is 14.7 Å². The number of carboxylic acids is 1. The number of aliphatic hydroxyl groups is 1. The Morgan fingerprint density at radius 2 is 1.66 bits per heavy atom. The molecular formula is C25H36O4. The molecule has 160 valence electrons. The summed E-state index contributed by atoms with van der Waals surface area (Å²) >= 11 is 0. The molecule has 0 aromatic heterocycles. The SMILES string of the molecule is O=C(O)CCCCCCC1CCC(=O)C1c1ccc(C(O)C2CCCCC2)cc1. The van der Waals surface area contributed by atoms with Gasteiger partial charge in [0, 0.05) is 18.8 Å². The molecular weight excluding hydrogens is 364 g/mol. The number of ketones is 1. The van der Waals surface area contributed by atoms with Gasteiger partial charge in [-0.25, -0.2) is 0 Å². The van der Waals surface area contributed by atoms with Crippen LogP contribution in [0.3, 0.4) is 0 Å². The molecule has 0 spiro atoms. The first-order valence-corrected chi connectivity index (χ1v) is 11.6. The fourth-order valence-corrected chi connectivity index (χ4v) is 5.34. The second kappa shape index (κ2) is 10.9. The van der Waals surface area contributed by atoms with Crippen LogP contribution in [0.15, 0.2) is 24.3 Å². The maximum Gasteiger partial charge on any atom is 0.303 e. The zero-order chi connectivity index (χ0) is 20.6. The van der Waals surface area contributed by atoms with Crippen LogP contribution in [-0.2, 0) is 9.59 Å². The lowest BCUT2D eigenvalue weighted by Crippen LogP contribution is -2.16. The first kappa shape index (κ1) is 22.0. The summed E-state index contributed by atoms with van der Waals surface area (Å²) in [6.07, 6.45) is 12.3. The maximum absolute atomic E-state index is 12.5. The number of carboxylic acid groups (broad SMARTS) is 1.